The predicted molar refractivity (Wildman–Crippen MR) is 159 cm³/mol. The summed E-state index contributed by atoms with van der Waals surface area (Å²) in [6, 6.07) is 17.2. The number of hydrazine groups is 1. The molecule has 1 aliphatic heterocycles. The number of carbonyl (C=O) groups is 3. The number of hydrogen-bond donors (Lipinski definition) is 4. The van der Waals surface area contributed by atoms with Crippen LogP contribution in [0.5, 0.6) is 0 Å². The van der Waals surface area contributed by atoms with Crippen molar-refractivity contribution in [3.8, 4) is 0 Å². The van der Waals surface area contributed by atoms with E-state index in [2.05, 4.69) is 21.0 Å². The fourth-order valence-electron chi connectivity index (χ4n) is 4.90. The summed E-state index contributed by atoms with van der Waals surface area (Å²) in [6.45, 7) is 5.48. The van der Waals surface area contributed by atoms with Crippen LogP contribution in [0.4, 0.5) is 4.79 Å². The highest BCUT2D eigenvalue weighted by Gasteiger charge is 2.31. The Balaban J connectivity index is 1.44. The highest BCUT2D eigenvalue weighted by molar-refractivity contribution is 5.91. The largest absolute Gasteiger partial charge is 0.445 e. The van der Waals surface area contributed by atoms with Gasteiger partial charge in [-0.25, -0.2) is 14.8 Å². The Morgan fingerprint density at radius 1 is 0.977 bits per heavy atom. The Bertz CT molecular complexity index is 1310. The van der Waals surface area contributed by atoms with Crippen molar-refractivity contribution in [2.75, 3.05) is 13.1 Å². The lowest BCUT2D eigenvalue weighted by atomic mass is 9.99. The third-order valence-electron chi connectivity index (χ3n) is 7.20. The molecule has 230 valence electrons. The molecule has 4 rings (SSSR count). The van der Waals surface area contributed by atoms with Crippen LogP contribution in [0.15, 0.2) is 71.3 Å². The molecule has 1 saturated heterocycles. The van der Waals surface area contributed by atoms with Crippen LogP contribution in [0.2, 0.25) is 0 Å². The lowest BCUT2D eigenvalue weighted by molar-refractivity contribution is -0.125. The summed E-state index contributed by atoms with van der Waals surface area (Å²) in [5, 5.41) is 18.7. The van der Waals surface area contributed by atoms with E-state index < -0.39 is 36.1 Å². The Morgan fingerprint density at radius 2 is 1.63 bits per heavy atom. The van der Waals surface area contributed by atoms with E-state index in [0.29, 0.717) is 19.3 Å². The number of carbonyl (C=O) groups excluding carboxylic acids is 3. The molecule has 3 unspecified atom stereocenters. The van der Waals surface area contributed by atoms with Crippen LogP contribution < -0.4 is 16.1 Å². The number of oxazole rings is 1. The fourth-order valence-corrected chi connectivity index (χ4v) is 4.90. The van der Waals surface area contributed by atoms with E-state index in [4.69, 9.17) is 9.15 Å². The van der Waals surface area contributed by atoms with E-state index in [9.17, 15) is 19.5 Å². The topological polar surface area (TPSA) is 146 Å². The average molecular weight is 592 g/mol. The molecule has 0 bridgehead atoms. The summed E-state index contributed by atoms with van der Waals surface area (Å²) < 4.78 is 10.9. The molecule has 1 fully saturated rings. The van der Waals surface area contributed by atoms with Gasteiger partial charge in [-0.1, -0.05) is 74.5 Å². The molecule has 1 aliphatic rings. The number of alkyl carbamates (subject to hydrolysis) is 1. The number of nitrogens with one attached hydrogen (secondary N) is 3. The van der Waals surface area contributed by atoms with Gasteiger partial charge in [-0.05, 0) is 49.1 Å². The summed E-state index contributed by atoms with van der Waals surface area (Å²) in [6.07, 6.45) is 2.40. The average Bonchev–Trinajstić information content (AvgIpc) is 3.71. The number of aryl methyl sites for hydroxylation is 1. The van der Waals surface area contributed by atoms with Gasteiger partial charge < -0.3 is 24.9 Å². The first-order chi connectivity index (χ1) is 20.8. The predicted octanol–water partition coefficient (Wildman–Crippen LogP) is 3.91. The smallest absolute Gasteiger partial charge is 0.408 e. The second-order valence-electron chi connectivity index (χ2n) is 11.2. The van der Waals surface area contributed by atoms with Crippen molar-refractivity contribution < 1.29 is 28.6 Å². The molecule has 0 radical (unpaired) electrons. The molecule has 3 aromatic rings. The summed E-state index contributed by atoms with van der Waals surface area (Å²) in [4.78, 5) is 43.1. The number of amides is 3. The lowest BCUT2D eigenvalue weighted by Crippen LogP contribution is -2.51. The Hall–Kier alpha value is -4.22. The van der Waals surface area contributed by atoms with Crippen LogP contribution in [0, 0.1) is 5.92 Å². The number of nitrogens with zero attached hydrogens (tertiary/aromatic N) is 2. The molecule has 11 heteroatoms. The second-order valence-corrected chi connectivity index (χ2v) is 11.2. The number of ether oxygens (including phenoxy) is 1. The van der Waals surface area contributed by atoms with Crippen molar-refractivity contribution >= 4 is 17.9 Å². The highest BCUT2D eigenvalue weighted by atomic mass is 16.5. The third-order valence-corrected chi connectivity index (χ3v) is 7.20. The first-order valence-corrected chi connectivity index (χ1v) is 14.8. The van der Waals surface area contributed by atoms with Crippen LogP contribution >= 0.6 is 0 Å². The molecule has 4 N–H and O–H groups in total. The normalized spacial score (nSPS) is 15.4. The maximum absolute atomic E-state index is 13.5. The van der Waals surface area contributed by atoms with Crippen molar-refractivity contribution in [3.05, 3.63) is 89.6 Å². The van der Waals surface area contributed by atoms with Crippen molar-refractivity contribution in [2.45, 2.75) is 70.7 Å². The first kappa shape index (κ1) is 31.7. The number of aliphatic hydroxyl groups is 1. The summed E-state index contributed by atoms with van der Waals surface area (Å²) in [5.74, 6) is -0.896. The van der Waals surface area contributed by atoms with Crippen LogP contribution in [-0.2, 0) is 22.6 Å². The monoisotopic (exact) mass is 591 g/mol. The molecular weight excluding hydrogens is 550 g/mol. The minimum Gasteiger partial charge on any atom is -0.445 e. The Morgan fingerprint density at radius 3 is 2.28 bits per heavy atom. The van der Waals surface area contributed by atoms with E-state index in [0.717, 1.165) is 37.1 Å². The molecule has 3 atom stereocenters. The van der Waals surface area contributed by atoms with Crippen molar-refractivity contribution in [2.24, 2.45) is 5.92 Å². The van der Waals surface area contributed by atoms with E-state index in [1.165, 1.54) is 6.26 Å². The molecule has 2 heterocycles. The number of hydrogen-bond acceptors (Lipinski definition) is 8. The van der Waals surface area contributed by atoms with Crippen LogP contribution in [0.3, 0.4) is 0 Å². The zero-order valence-electron chi connectivity index (χ0n) is 24.7. The van der Waals surface area contributed by atoms with Gasteiger partial charge in [0.15, 0.2) is 11.8 Å². The van der Waals surface area contributed by atoms with Crippen LogP contribution in [0.25, 0.3) is 0 Å². The minimum absolute atomic E-state index is 0.0367. The van der Waals surface area contributed by atoms with Gasteiger partial charge in [0, 0.05) is 13.1 Å². The van der Waals surface area contributed by atoms with Gasteiger partial charge in [-0.3, -0.25) is 15.0 Å². The van der Waals surface area contributed by atoms with Crippen molar-refractivity contribution in [3.63, 3.8) is 0 Å². The number of aliphatic hydroxyl groups excluding tert-OH is 1. The first-order valence-electron chi connectivity index (χ1n) is 14.8. The van der Waals surface area contributed by atoms with Gasteiger partial charge in [0.2, 0.25) is 11.8 Å². The standard InChI is InChI=1S/C32H41N5O6/c1-22(2)19-26(35-32(41)43-20-24-13-7-4-8-14-24)29(39)33-25(16-15-23-11-5-3-6-12-23)28(38)31-34-27(21-42-31)30(40)36-37-17-9-10-18-37/h3-8,11-14,21-22,25-26,28,38H,9-10,15-20H2,1-2H3,(H,33,39)(H,35,41)(H,36,40). The maximum atomic E-state index is 13.5. The molecule has 0 spiro atoms. The van der Waals surface area contributed by atoms with Gasteiger partial charge in [0.05, 0.1) is 6.04 Å². The van der Waals surface area contributed by atoms with E-state index in [1.807, 2.05) is 79.5 Å². The lowest BCUT2D eigenvalue weighted by Gasteiger charge is -2.26. The molecule has 0 aliphatic carbocycles. The van der Waals surface area contributed by atoms with Crippen molar-refractivity contribution in [1.29, 1.82) is 0 Å². The fraction of sp³-hybridized carbons (Fsp3) is 0.438. The minimum atomic E-state index is -1.34. The van der Waals surface area contributed by atoms with E-state index in [-0.39, 0.29) is 24.1 Å². The van der Waals surface area contributed by atoms with Gasteiger partial charge in [-0.2, -0.15) is 0 Å². The highest BCUT2D eigenvalue weighted by Crippen LogP contribution is 2.21. The van der Waals surface area contributed by atoms with Gasteiger partial charge >= 0.3 is 6.09 Å². The Labute approximate surface area is 252 Å². The molecule has 11 nitrogen and oxygen atoms in total. The zero-order chi connectivity index (χ0) is 30.6. The SMILES string of the molecule is CC(C)CC(NC(=O)OCc1ccccc1)C(=O)NC(CCc1ccccc1)C(O)c1nc(C(=O)NN2CCCC2)co1. The van der Waals surface area contributed by atoms with E-state index >= 15 is 0 Å². The molecule has 1 aromatic heterocycles. The van der Waals surface area contributed by atoms with Crippen molar-refractivity contribution in [1.82, 2.24) is 26.1 Å². The number of aromatic nitrogens is 1. The van der Waals surface area contributed by atoms with Gasteiger partial charge in [0.25, 0.3) is 5.91 Å². The summed E-state index contributed by atoms with van der Waals surface area (Å²) in [7, 11) is 0. The number of benzene rings is 2. The molecule has 43 heavy (non-hydrogen) atoms. The van der Waals surface area contributed by atoms with E-state index in [1.54, 1.807) is 0 Å². The molecule has 3 amide bonds. The van der Waals surface area contributed by atoms with Crippen LogP contribution in [0.1, 0.15) is 73.1 Å². The quantitative estimate of drug-likeness (QED) is 0.221. The maximum Gasteiger partial charge on any atom is 0.408 e. The molecule has 0 saturated carbocycles. The van der Waals surface area contributed by atoms with Gasteiger partial charge in [-0.15, -0.1) is 0 Å². The van der Waals surface area contributed by atoms with Gasteiger partial charge in [0.1, 0.15) is 18.9 Å². The third kappa shape index (κ3) is 9.93. The Kier molecular flexibility index (Phi) is 11.7. The number of rotatable bonds is 14. The van der Waals surface area contributed by atoms with Crippen LogP contribution in [-0.4, -0.2) is 58.2 Å². The second kappa shape index (κ2) is 15.9. The summed E-state index contributed by atoms with van der Waals surface area (Å²) in [5.41, 5.74) is 4.68. The molecular formula is C32H41N5O6. The zero-order valence-corrected chi connectivity index (χ0v) is 24.7. The summed E-state index contributed by atoms with van der Waals surface area (Å²) >= 11 is 0. The molecule has 2 aromatic carbocycles.